The first-order valence-corrected chi connectivity index (χ1v) is 5.14. The van der Waals surface area contributed by atoms with E-state index in [2.05, 4.69) is 10.4 Å². The third-order valence-corrected chi connectivity index (χ3v) is 2.43. The zero-order chi connectivity index (χ0) is 11.5. The van der Waals surface area contributed by atoms with Crippen LogP contribution in [-0.4, -0.2) is 16.8 Å². The average Bonchev–Trinajstić information content (AvgIpc) is 2.61. The zero-order valence-electron chi connectivity index (χ0n) is 9.37. The van der Waals surface area contributed by atoms with Crippen LogP contribution in [0.4, 0.5) is 4.39 Å². The summed E-state index contributed by atoms with van der Waals surface area (Å²) in [7, 11) is 3.77. The Labute approximate surface area is 93.9 Å². The number of halogens is 1. The van der Waals surface area contributed by atoms with Gasteiger partial charge >= 0.3 is 0 Å². The first-order chi connectivity index (χ1) is 7.70. The van der Waals surface area contributed by atoms with Crippen LogP contribution in [0.1, 0.15) is 5.69 Å². The molecule has 2 rings (SSSR count). The number of nitrogens with one attached hydrogen (secondary N) is 1. The van der Waals surface area contributed by atoms with Gasteiger partial charge in [0.2, 0.25) is 0 Å². The highest BCUT2D eigenvalue weighted by atomic mass is 19.1. The number of rotatable bonds is 3. The Balaban J connectivity index is 2.36. The fourth-order valence-corrected chi connectivity index (χ4v) is 1.68. The lowest BCUT2D eigenvalue weighted by Crippen LogP contribution is -2.05. The van der Waals surface area contributed by atoms with E-state index in [1.165, 1.54) is 12.1 Å². The Bertz CT molecular complexity index is 474. The summed E-state index contributed by atoms with van der Waals surface area (Å²) in [5.41, 5.74) is 2.94. The summed E-state index contributed by atoms with van der Waals surface area (Å²) < 4.78 is 14.6. The van der Waals surface area contributed by atoms with Crippen molar-refractivity contribution >= 4 is 0 Å². The van der Waals surface area contributed by atoms with Gasteiger partial charge in [-0.1, -0.05) is 0 Å². The Hall–Kier alpha value is -1.68. The Kier molecular flexibility index (Phi) is 3.01. The van der Waals surface area contributed by atoms with E-state index in [4.69, 9.17) is 0 Å². The van der Waals surface area contributed by atoms with Gasteiger partial charge in [0.1, 0.15) is 5.82 Å². The van der Waals surface area contributed by atoms with Gasteiger partial charge in [0.15, 0.2) is 0 Å². The second-order valence-electron chi connectivity index (χ2n) is 3.68. The lowest BCUT2D eigenvalue weighted by Gasteiger charge is -2.00. The smallest absolute Gasteiger partial charge is 0.123 e. The largest absolute Gasteiger partial charge is 0.314 e. The molecule has 4 heteroatoms. The van der Waals surface area contributed by atoms with Crippen LogP contribution in [0.2, 0.25) is 0 Å². The quantitative estimate of drug-likeness (QED) is 0.855. The predicted octanol–water partition coefficient (Wildman–Crippen LogP) is 1.95. The fourth-order valence-electron chi connectivity index (χ4n) is 1.68. The van der Waals surface area contributed by atoms with Crippen LogP contribution < -0.4 is 5.32 Å². The first-order valence-electron chi connectivity index (χ1n) is 5.14. The summed E-state index contributed by atoms with van der Waals surface area (Å²) in [5.74, 6) is -0.221. The van der Waals surface area contributed by atoms with Gasteiger partial charge in [-0.25, -0.2) is 4.39 Å². The molecule has 0 atom stereocenters. The third kappa shape index (κ3) is 2.12. The van der Waals surface area contributed by atoms with E-state index in [0.717, 1.165) is 23.5 Å². The number of nitrogens with zero attached hydrogens (tertiary/aromatic N) is 2. The van der Waals surface area contributed by atoms with Crippen molar-refractivity contribution in [2.24, 2.45) is 7.05 Å². The molecule has 0 aliphatic heterocycles. The lowest BCUT2D eigenvalue weighted by molar-refractivity contribution is 0.628. The minimum Gasteiger partial charge on any atom is -0.314 e. The number of aromatic nitrogens is 2. The maximum atomic E-state index is 12.8. The molecule has 0 spiro atoms. The second-order valence-corrected chi connectivity index (χ2v) is 3.68. The molecule has 0 unspecified atom stereocenters. The van der Waals surface area contributed by atoms with Gasteiger partial charge in [-0.3, -0.25) is 4.68 Å². The van der Waals surface area contributed by atoms with Gasteiger partial charge < -0.3 is 5.32 Å². The lowest BCUT2D eigenvalue weighted by atomic mass is 10.1. The topological polar surface area (TPSA) is 29.9 Å². The van der Waals surface area contributed by atoms with Crippen LogP contribution in [-0.2, 0) is 13.6 Å². The molecule has 1 aromatic carbocycles. The highest BCUT2D eigenvalue weighted by Crippen LogP contribution is 2.19. The predicted molar refractivity (Wildman–Crippen MR) is 61.4 cm³/mol. The van der Waals surface area contributed by atoms with E-state index in [-0.39, 0.29) is 5.82 Å². The van der Waals surface area contributed by atoms with Crippen molar-refractivity contribution < 1.29 is 4.39 Å². The molecule has 1 N–H and O–H groups in total. The highest BCUT2D eigenvalue weighted by molar-refractivity contribution is 5.59. The van der Waals surface area contributed by atoms with E-state index < -0.39 is 0 Å². The maximum Gasteiger partial charge on any atom is 0.123 e. The van der Waals surface area contributed by atoms with Crippen molar-refractivity contribution in [1.82, 2.24) is 15.1 Å². The SMILES string of the molecule is CNCc1cc(-c2ccc(F)cc2)n(C)n1. The maximum absolute atomic E-state index is 12.8. The molecular weight excluding hydrogens is 205 g/mol. The summed E-state index contributed by atoms with van der Waals surface area (Å²) in [5, 5.41) is 7.41. The summed E-state index contributed by atoms with van der Waals surface area (Å²) in [6.45, 7) is 0.731. The summed E-state index contributed by atoms with van der Waals surface area (Å²) in [4.78, 5) is 0. The molecule has 0 saturated heterocycles. The van der Waals surface area contributed by atoms with E-state index in [0.29, 0.717) is 0 Å². The fraction of sp³-hybridized carbons (Fsp3) is 0.250. The molecule has 0 radical (unpaired) electrons. The molecule has 0 aliphatic carbocycles. The third-order valence-electron chi connectivity index (χ3n) is 2.43. The average molecular weight is 219 g/mol. The van der Waals surface area contributed by atoms with E-state index in [9.17, 15) is 4.39 Å². The Morgan fingerprint density at radius 1 is 1.31 bits per heavy atom. The zero-order valence-corrected chi connectivity index (χ0v) is 9.37. The standard InChI is InChI=1S/C12H14FN3/c1-14-8-11-7-12(16(2)15-11)9-3-5-10(13)6-4-9/h3-7,14H,8H2,1-2H3. The first kappa shape index (κ1) is 10.8. The number of benzene rings is 1. The van der Waals surface area contributed by atoms with Gasteiger partial charge in [-0.15, -0.1) is 0 Å². The minimum absolute atomic E-state index is 0.221. The van der Waals surface area contributed by atoms with Gasteiger partial charge in [-0.05, 0) is 42.9 Å². The van der Waals surface area contributed by atoms with Gasteiger partial charge in [0.25, 0.3) is 0 Å². The van der Waals surface area contributed by atoms with Gasteiger partial charge in [0, 0.05) is 13.6 Å². The van der Waals surface area contributed by atoms with E-state index >= 15 is 0 Å². The van der Waals surface area contributed by atoms with Crippen LogP contribution >= 0.6 is 0 Å². The van der Waals surface area contributed by atoms with Crippen molar-refractivity contribution in [3.8, 4) is 11.3 Å². The molecule has 3 nitrogen and oxygen atoms in total. The molecule has 1 heterocycles. The van der Waals surface area contributed by atoms with Crippen molar-refractivity contribution in [3.05, 3.63) is 41.8 Å². The van der Waals surface area contributed by atoms with Crippen LogP contribution in [0, 0.1) is 5.82 Å². The molecule has 0 saturated carbocycles. The van der Waals surface area contributed by atoms with Crippen molar-refractivity contribution in [2.75, 3.05) is 7.05 Å². The highest BCUT2D eigenvalue weighted by Gasteiger charge is 2.06. The summed E-state index contributed by atoms with van der Waals surface area (Å²) in [6.07, 6.45) is 0. The monoisotopic (exact) mass is 219 g/mol. The van der Waals surface area contributed by atoms with Crippen molar-refractivity contribution in [2.45, 2.75) is 6.54 Å². The van der Waals surface area contributed by atoms with E-state index in [1.54, 1.807) is 16.8 Å². The Morgan fingerprint density at radius 2 is 2.00 bits per heavy atom. The molecule has 0 aliphatic rings. The van der Waals surface area contributed by atoms with Crippen LogP contribution in [0.5, 0.6) is 0 Å². The molecule has 2 aromatic rings. The number of aryl methyl sites for hydroxylation is 1. The molecule has 0 fully saturated rings. The van der Waals surface area contributed by atoms with Crippen molar-refractivity contribution in [3.63, 3.8) is 0 Å². The molecule has 1 aromatic heterocycles. The molecular formula is C12H14FN3. The number of hydrogen-bond acceptors (Lipinski definition) is 2. The van der Waals surface area contributed by atoms with Crippen LogP contribution in [0.15, 0.2) is 30.3 Å². The molecule has 0 amide bonds. The summed E-state index contributed by atoms with van der Waals surface area (Å²) in [6, 6.07) is 8.44. The molecule has 0 bridgehead atoms. The van der Waals surface area contributed by atoms with E-state index in [1.807, 2.05) is 20.2 Å². The molecule has 16 heavy (non-hydrogen) atoms. The van der Waals surface area contributed by atoms with Gasteiger partial charge in [0.05, 0.1) is 11.4 Å². The normalized spacial score (nSPS) is 10.7. The summed E-state index contributed by atoms with van der Waals surface area (Å²) >= 11 is 0. The number of hydrogen-bond donors (Lipinski definition) is 1. The minimum atomic E-state index is -0.221. The van der Waals surface area contributed by atoms with Crippen LogP contribution in [0.25, 0.3) is 11.3 Å². The van der Waals surface area contributed by atoms with Crippen LogP contribution in [0.3, 0.4) is 0 Å². The van der Waals surface area contributed by atoms with Gasteiger partial charge in [-0.2, -0.15) is 5.10 Å². The Morgan fingerprint density at radius 3 is 2.62 bits per heavy atom. The van der Waals surface area contributed by atoms with Crippen molar-refractivity contribution in [1.29, 1.82) is 0 Å². The molecule has 84 valence electrons. The second kappa shape index (κ2) is 4.45.